The number of hydrogen-bond acceptors (Lipinski definition) is 6. The van der Waals surface area contributed by atoms with Crippen molar-refractivity contribution in [2.45, 2.75) is 46.1 Å². The van der Waals surface area contributed by atoms with E-state index in [9.17, 15) is 0 Å². The third kappa shape index (κ3) is 7.67. The molecule has 0 amide bonds. The van der Waals surface area contributed by atoms with Gasteiger partial charge in [-0.1, -0.05) is 20.8 Å². The van der Waals surface area contributed by atoms with Gasteiger partial charge in [-0.05, 0) is 31.4 Å². The molecule has 1 aromatic heterocycles. The highest BCUT2D eigenvalue weighted by Gasteiger charge is 2.18. The maximum Gasteiger partial charge on any atom is 0.225 e. The number of hydrogen-bond donors (Lipinski definition) is 1. The lowest BCUT2D eigenvalue weighted by molar-refractivity contribution is 0.117. The lowest BCUT2D eigenvalue weighted by Crippen LogP contribution is -2.47. The lowest BCUT2D eigenvalue weighted by atomic mass is 10.3. The van der Waals surface area contributed by atoms with Crippen molar-refractivity contribution in [3.05, 3.63) is 18.0 Å². The molecule has 0 saturated carbocycles. The monoisotopic (exact) mass is 349 g/mol. The van der Waals surface area contributed by atoms with Crippen LogP contribution in [-0.2, 0) is 11.2 Å². The first-order chi connectivity index (χ1) is 12.2. The predicted octanol–water partition coefficient (Wildman–Crippen LogP) is 1.96. The summed E-state index contributed by atoms with van der Waals surface area (Å²) in [6.07, 6.45) is 7.09. The largest absolute Gasteiger partial charge is 0.381 e. The van der Waals surface area contributed by atoms with Crippen molar-refractivity contribution in [1.82, 2.24) is 20.2 Å². The Labute approximate surface area is 153 Å². The van der Waals surface area contributed by atoms with Crippen LogP contribution in [0.4, 0.5) is 5.95 Å². The van der Waals surface area contributed by atoms with E-state index in [1.54, 1.807) is 0 Å². The topological polar surface area (TPSA) is 53.5 Å². The van der Waals surface area contributed by atoms with Crippen molar-refractivity contribution >= 4 is 5.95 Å². The lowest BCUT2D eigenvalue weighted by Gasteiger charge is -2.34. The van der Waals surface area contributed by atoms with E-state index in [1.807, 2.05) is 12.4 Å². The molecule has 25 heavy (non-hydrogen) atoms. The highest BCUT2D eigenvalue weighted by molar-refractivity contribution is 5.30. The van der Waals surface area contributed by atoms with Crippen LogP contribution < -0.4 is 10.2 Å². The molecule has 6 nitrogen and oxygen atoms in total. The van der Waals surface area contributed by atoms with Crippen LogP contribution in [-0.4, -0.2) is 73.4 Å². The minimum Gasteiger partial charge on any atom is -0.381 e. The number of ether oxygens (including phenoxy) is 1. The Kier molecular flexibility index (Phi) is 9.15. The van der Waals surface area contributed by atoms with Crippen LogP contribution in [0.15, 0.2) is 12.4 Å². The molecule has 1 N–H and O–H groups in total. The Hall–Kier alpha value is -1.24. The summed E-state index contributed by atoms with van der Waals surface area (Å²) < 4.78 is 5.72. The van der Waals surface area contributed by atoms with Gasteiger partial charge in [-0.15, -0.1) is 0 Å². The summed E-state index contributed by atoms with van der Waals surface area (Å²) in [4.78, 5) is 13.8. The third-order valence-corrected chi connectivity index (χ3v) is 4.54. The third-order valence-electron chi connectivity index (χ3n) is 4.54. The Morgan fingerprint density at radius 3 is 2.40 bits per heavy atom. The van der Waals surface area contributed by atoms with Crippen LogP contribution >= 0.6 is 0 Å². The zero-order valence-electron chi connectivity index (χ0n) is 16.2. The summed E-state index contributed by atoms with van der Waals surface area (Å²) in [6.45, 7) is 14.5. The number of anilines is 1. The molecule has 1 fully saturated rings. The number of nitrogens with zero attached hydrogens (tertiary/aromatic N) is 4. The van der Waals surface area contributed by atoms with E-state index in [1.165, 1.54) is 5.56 Å². The fourth-order valence-electron chi connectivity index (χ4n) is 2.92. The van der Waals surface area contributed by atoms with E-state index >= 15 is 0 Å². The van der Waals surface area contributed by atoms with Gasteiger partial charge in [-0.25, -0.2) is 9.97 Å². The number of aromatic nitrogens is 2. The normalized spacial score (nSPS) is 15.9. The van der Waals surface area contributed by atoms with Gasteiger partial charge in [0.1, 0.15) is 0 Å². The molecule has 0 spiro atoms. The van der Waals surface area contributed by atoms with Crippen LogP contribution in [0.25, 0.3) is 0 Å². The first kappa shape index (κ1) is 20.1. The van der Waals surface area contributed by atoms with Crippen molar-refractivity contribution in [3.8, 4) is 0 Å². The Morgan fingerprint density at radius 1 is 1.08 bits per heavy atom. The van der Waals surface area contributed by atoms with Gasteiger partial charge in [0.2, 0.25) is 5.95 Å². The first-order valence-electron chi connectivity index (χ1n) is 9.78. The molecule has 1 aliphatic rings. The van der Waals surface area contributed by atoms with Crippen LogP contribution in [0.5, 0.6) is 0 Å². The summed E-state index contributed by atoms with van der Waals surface area (Å²) in [5.41, 5.74) is 1.20. The van der Waals surface area contributed by atoms with Crippen molar-refractivity contribution in [2.24, 2.45) is 0 Å². The highest BCUT2D eigenvalue weighted by Crippen LogP contribution is 2.11. The van der Waals surface area contributed by atoms with E-state index in [0.29, 0.717) is 6.04 Å². The van der Waals surface area contributed by atoms with Gasteiger partial charge in [0, 0.05) is 64.4 Å². The van der Waals surface area contributed by atoms with Crippen LogP contribution in [0.3, 0.4) is 0 Å². The van der Waals surface area contributed by atoms with Gasteiger partial charge >= 0.3 is 0 Å². The summed E-state index contributed by atoms with van der Waals surface area (Å²) >= 11 is 0. The fourth-order valence-corrected chi connectivity index (χ4v) is 2.92. The molecule has 0 aromatic carbocycles. The zero-order chi connectivity index (χ0) is 17.9. The van der Waals surface area contributed by atoms with Crippen LogP contribution in [0, 0.1) is 0 Å². The molecule has 0 bridgehead atoms. The molecular weight excluding hydrogens is 314 g/mol. The second-order valence-electron chi connectivity index (χ2n) is 7.00. The number of rotatable bonds is 11. The smallest absolute Gasteiger partial charge is 0.225 e. The molecule has 0 unspecified atom stereocenters. The molecular formula is C19H35N5O. The maximum atomic E-state index is 5.72. The molecule has 0 radical (unpaired) electrons. The second kappa shape index (κ2) is 11.4. The van der Waals surface area contributed by atoms with Crippen molar-refractivity contribution < 1.29 is 4.74 Å². The van der Waals surface area contributed by atoms with Gasteiger partial charge in [0.15, 0.2) is 0 Å². The summed E-state index contributed by atoms with van der Waals surface area (Å²) in [6, 6.07) is 0.564. The van der Waals surface area contributed by atoms with E-state index in [4.69, 9.17) is 4.74 Å². The fraction of sp³-hybridized carbons (Fsp3) is 0.789. The summed E-state index contributed by atoms with van der Waals surface area (Å²) in [5.74, 6) is 0.871. The van der Waals surface area contributed by atoms with Gasteiger partial charge in [-0.3, -0.25) is 4.90 Å². The Bertz CT molecular complexity index is 457. The number of piperazine rings is 1. The SMILES string of the molecule is CCc1cnc(N2CCN(CCCOCCCNC(C)C)CC2)nc1. The molecule has 0 atom stereocenters. The van der Waals surface area contributed by atoms with E-state index in [-0.39, 0.29) is 0 Å². The van der Waals surface area contributed by atoms with E-state index in [0.717, 1.165) is 77.7 Å². The molecule has 1 saturated heterocycles. The molecule has 142 valence electrons. The minimum absolute atomic E-state index is 0.564. The van der Waals surface area contributed by atoms with Gasteiger partial charge in [-0.2, -0.15) is 0 Å². The standard InChI is InChI=1S/C19H35N5O/c1-4-18-15-21-19(22-16-18)24-11-9-23(10-12-24)8-6-14-25-13-5-7-20-17(2)3/h15-17,20H,4-14H2,1-3H3. The van der Waals surface area contributed by atoms with E-state index in [2.05, 4.69) is 45.9 Å². The van der Waals surface area contributed by atoms with Crippen LogP contribution in [0.1, 0.15) is 39.2 Å². The number of aryl methyl sites for hydroxylation is 1. The van der Waals surface area contributed by atoms with Gasteiger partial charge < -0.3 is 15.0 Å². The van der Waals surface area contributed by atoms with Gasteiger partial charge in [0.05, 0.1) is 0 Å². The maximum absolute atomic E-state index is 5.72. The molecule has 2 rings (SSSR count). The van der Waals surface area contributed by atoms with Crippen molar-refractivity contribution in [2.75, 3.05) is 57.4 Å². The minimum atomic E-state index is 0.564. The molecule has 1 aromatic rings. The Morgan fingerprint density at radius 2 is 1.76 bits per heavy atom. The molecule has 6 heteroatoms. The Balaban J connectivity index is 1.52. The predicted molar refractivity (Wildman–Crippen MR) is 103 cm³/mol. The summed E-state index contributed by atoms with van der Waals surface area (Å²) in [5, 5.41) is 3.41. The second-order valence-corrected chi connectivity index (χ2v) is 7.00. The highest BCUT2D eigenvalue weighted by atomic mass is 16.5. The summed E-state index contributed by atoms with van der Waals surface area (Å²) in [7, 11) is 0. The molecule has 0 aliphatic carbocycles. The van der Waals surface area contributed by atoms with Crippen molar-refractivity contribution in [1.29, 1.82) is 0 Å². The molecule has 1 aliphatic heterocycles. The quantitative estimate of drug-likeness (QED) is 0.616. The van der Waals surface area contributed by atoms with Gasteiger partial charge in [0.25, 0.3) is 0 Å². The average Bonchev–Trinajstić information content (AvgIpc) is 2.64. The molecule has 2 heterocycles. The van der Waals surface area contributed by atoms with E-state index < -0.39 is 0 Å². The first-order valence-corrected chi connectivity index (χ1v) is 9.78. The number of nitrogens with one attached hydrogen (secondary N) is 1. The van der Waals surface area contributed by atoms with Crippen molar-refractivity contribution in [3.63, 3.8) is 0 Å². The zero-order valence-corrected chi connectivity index (χ0v) is 16.2. The average molecular weight is 350 g/mol. The van der Waals surface area contributed by atoms with Crippen LogP contribution in [0.2, 0.25) is 0 Å².